The Morgan fingerprint density at radius 3 is 2.74 bits per heavy atom. The molecular formula is C15H12BrNO2. The Morgan fingerprint density at radius 1 is 1.11 bits per heavy atom. The molecule has 0 radical (unpaired) electrons. The van der Waals surface area contributed by atoms with E-state index in [1.54, 1.807) is 0 Å². The third kappa shape index (κ3) is 2.58. The van der Waals surface area contributed by atoms with Crippen LogP contribution >= 0.6 is 15.9 Å². The monoisotopic (exact) mass is 317 g/mol. The maximum atomic E-state index is 5.86. The number of hydrogen-bond donors (Lipinski definition) is 1. The van der Waals surface area contributed by atoms with Crippen LogP contribution in [0.25, 0.3) is 11.0 Å². The summed E-state index contributed by atoms with van der Waals surface area (Å²) in [4.78, 5) is 0. The molecule has 96 valence electrons. The predicted octanol–water partition coefficient (Wildman–Crippen LogP) is 4.36. The molecule has 3 nitrogen and oxygen atoms in total. The van der Waals surface area contributed by atoms with Crippen molar-refractivity contribution in [2.24, 2.45) is 0 Å². The van der Waals surface area contributed by atoms with Crippen molar-refractivity contribution in [3.8, 4) is 5.75 Å². The first-order chi connectivity index (χ1) is 9.22. The van der Waals surface area contributed by atoms with Gasteiger partial charge in [0, 0.05) is 9.86 Å². The lowest BCUT2D eigenvalue weighted by molar-refractivity contribution is 0.274. The summed E-state index contributed by atoms with van der Waals surface area (Å²) in [5, 5.41) is 0.993. The molecule has 19 heavy (non-hydrogen) atoms. The molecule has 0 saturated carbocycles. The summed E-state index contributed by atoms with van der Waals surface area (Å²) < 4.78 is 12.4. The van der Waals surface area contributed by atoms with Crippen LogP contribution in [0.1, 0.15) is 5.76 Å². The topological polar surface area (TPSA) is 48.4 Å². The van der Waals surface area contributed by atoms with Gasteiger partial charge >= 0.3 is 0 Å². The lowest BCUT2D eigenvalue weighted by atomic mass is 10.2. The molecule has 4 heteroatoms. The molecule has 0 aliphatic carbocycles. The van der Waals surface area contributed by atoms with E-state index in [1.165, 1.54) is 0 Å². The molecule has 1 aromatic heterocycles. The van der Waals surface area contributed by atoms with Crippen molar-refractivity contribution < 1.29 is 9.15 Å². The molecule has 0 aliphatic heterocycles. The van der Waals surface area contributed by atoms with Gasteiger partial charge in [-0.1, -0.05) is 34.1 Å². The Hall–Kier alpha value is -1.94. The quantitative estimate of drug-likeness (QED) is 0.730. The molecule has 0 bridgehead atoms. The van der Waals surface area contributed by atoms with Crippen molar-refractivity contribution in [1.29, 1.82) is 0 Å². The van der Waals surface area contributed by atoms with Crippen molar-refractivity contribution in [3.05, 3.63) is 58.8 Å². The molecule has 0 fully saturated rings. The number of furan rings is 1. The summed E-state index contributed by atoms with van der Waals surface area (Å²) in [6.07, 6.45) is 0. The Labute approximate surface area is 119 Å². The average molecular weight is 318 g/mol. The van der Waals surface area contributed by atoms with Crippen molar-refractivity contribution in [1.82, 2.24) is 0 Å². The van der Waals surface area contributed by atoms with Crippen LogP contribution in [-0.2, 0) is 6.61 Å². The Kier molecular flexibility index (Phi) is 3.17. The van der Waals surface area contributed by atoms with Gasteiger partial charge in [0.15, 0.2) is 5.58 Å². The van der Waals surface area contributed by atoms with E-state index in [1.807, 2.05) is 48.5 Å². The molecule has 0 aliphatic rings. The van der Waals surface area contributed by atoms with Gasteiger partial charge in [0.05, 0.1) is 5.69 Å². The second-order valence-corrected chi connectivity index (χ2v) is 5.14. The van der Waals surface area contributed by atoms with E-state index < -0.39 is 0 Å². The highest BCUT2D eigenvalue weighted by molar-refractivity contribution is 9.10. The van der Waals surface area contributed by atoms with Crippen LogP contribution in [-0.4, -0.2) is 0 Å². The zero-order valence-electron chi connectivity index (χ0n) is 10.1. The summed E-state index contributed by atoms with van der Waals surface area (Å²) in [6.45, 7) is 0.380. The number of anilines is 1. The molecule has 2 aromatic carbocycles. The normalized spacial score (nSPS) is 10.8. The van der Waals surface area contributed by atoms with Crippen LogP contribution < -0.4 is 10.5 Å². The molecule has 0 spiro atoms. The molecule has 3 rings (SSSR count). The Bertz CT molecular complexity index is 721. The summed E-state index contributed by atoms with van der Waals surface area (Å²) in [5.41, 5.74) is 7.22. The van der Waals surface area contributed by atoms with E-state index >= 15 is 0 Å². The van der Waals surface area contributed by atoms with Crippen LogP contribution in [0, 0.1) is 0 Å². The number of para-hydroxylation sites is 1. The van der Waals surface area contributed by atoms with Gasteiger partial charge < -0.3 is 14.9 Å². The van der Waals surface area contributed by atoms with Gasteiger partial charge in [0.2, 0.25) is 0 Å². The first-order valence-corrected chi connectivity index (χ1v) is 6.67. The molecule has 2 N–H and O–H groups in total. The van der Waals surface area contributed by atoms with Crippen molar-refractivity contribution in [3.63, 3.8) is 0 Å². The summed E-state index contributed by atoms with van der Waals surface area (Å²) >= 11 is 3.41. The number of nitrogen functional groups attached to an aromatic ring is 1. The minimum atomic E-state index is 0.380. The third-order valence-electron chi connectivity index (χ3n) is 2.80. The summed E-state index contributed by atoms with van der Waals surface area (Å²) in [6, 6.07) is 15.3. The highest BCUT2D eigenvalue weighted by Crippen LogP contribution is 2.26. The van der Waals surface area contributed by atoms with Gasteiger partial charge in [-0.2, -0.15) is 0 Å². The van der Waals surface area contributed by atoms with E-state index in [4.69, 9.17) is 14.9 Å². The average Bonchev–Trinajstić information content (AvgIpc) is 2.81. The van der Waals surface area contributed by atoms with Crippen LogP contribution in [0.15, 0.2) is 57.4 Å². The molecule has 0 atom stereocenters. The lowest BCUT2D eigenvalue weighted by Gasteiger charge is -2.03. The largest absolute Gasteiger partial charge is 0.486 e. The van der Waals surface area contributed by atoms with Gasteiger partial charge in [-0.3, -0.25) is 0 Å². The smallest absolute Gasteiger partial charge is 0.157 e. The lowest BCUT2D eigenvalue weighted by Crippen LogP contribution is -1.93. The van der Waals surface area contributed by atoms with E-state index in [0.29, 0.717) is 12.3 Å². The summed E-state index contributed by atoms with van der Waals surface area (Å²) in [7, 11) is 0. The highest BCUT2D eigenvalue weighted by Gasteiger charge is 2.06. The molecule has 0 unspecified atom stereocenters. The second-order valence-electron chi connectivity index (χ2n) is 4.22. The van der Waals surface area contributed by atoms with Gasteiger partial charge in [-0.15, -0.1) is 0 Å². The number of benzene rings is 2. The van der Waals surface area contributed by atoms with E-state index in [-0.39, 0.29) is 0 Å². The number of nitrogens with two attached hydrogens (primary N) is 1. The van der Waals surface area contributed by atoms with Gasteiger partial charge in [-0.05, 0) is 30.3 Å². The number of rotatable bonds is 3. The Morgan fingerprint density at radius 2 is 1.95 bits per heavy atom. The highest BCUT2D eigenvalue weighted by atomic mass is 79.9. The van der Waals surface area contributed by atoms with E-state index in [0.717, 1.165) is 27.0 Å². The van der Waals surface area contributed by atoms with Crippen molar-refractivity contribution >= 4 is 32.6 Å². The summed E-state index contributed by atoms with van der Waals surface area (Å²) in [5.74, 6) is 1.55. The zero-order valence-corrected chi connectivity index (χ0v) is 11.7. The van der Waals surface area contributed by atoms with E-state index in [2.05, 4.69) is 15.9 Å². The zero-order chi connectivity index (χ0) is 13.2. The molecular weight excluding hydrogens is 306 g/mol. The maximum Gasteiger partial charge on any atom is 0.157 e. The van der Waals surface area contributed by atoms with E-state index in [9.17, 15) is 0 Å². The first kappa shape index (κ1) is 12.1. The predicted molar refractivity (Wildman–Crippen MR) is 79.1 cm³/mol. The first-order valence-electron chi connectivity index (χ1n) is 5.87. The van der Waals surface area contributed by atoms with Crippen LogP contribution in [0.4, 0.5) is 5.69 Å². The number of hydrogen-bond acceptors (Lipinski definition) is 3. The van der Waals surface area contributed by atoms with Crippen molar-refractivity contribution in [2.75, 3.05) is 5.73 Å². The van der Waals surface area contributed by atoms with Crippen molar-refractivity contribution in [2.45, 2.75) is 6.61 Å². The minimum Gasteiger partial charge on any atom is -0.486 e. The minimum absolute atomic E-state index is 0.380. The standard InChI is InChI=1S/C15H12BrNO2/c16-11-4-2-5-12(8-11)18-9-13-7-10-3-1-6-14(17)15(10)19-13/h1-8H,9,17H2. The molecule has 1 heterocycles. The number of fused-ring (bicyclic) bond motifs is 1. The van der Waals surface area contributed by atoms with Crippen LogP contribution in [0.5, 0.6) is 5.75 Å². The fourth-order valence-corrected chi connectivity index (χ4v) is 2.30. The van der Waals surface area contributed by atoms with Gasteiger partial charge in [0.1, 0.15) is 18.1 Å². The molecule has 0 amide bonds. The molecule has 0 saturated heterocycles. The molecule has 3 aromatic rings. The fraction of sp³-hybridized carbons (Fsp3) is 0.0667. The van der Waals surface area contributed by atoms with Crippen LogP contribution in [0.3, 0.4) is 0 Å². The maximum absolute atomic E-state index is 5.86. The SMILES string of the molecule is Nc1cccc2cc(COc3cccc(Br)c3)oc12. The second kappa shape index (κ2) is 4.97. The van der Waals surface area contributed by atoms with Gasteiger partial charge in [-0.25, -0.2) is 0 Å². The fourth-order valence-electron chi connectivity index (χ4n) is 1.92. The Balaban J connectivity index is 1.80. The number of halogens is 1. The third-order valence-corrected chi connectivity index (χ3v) is 3.30. The van der Waals surface area contributed by atoms with Crippen LogP contribution in [0.2, 0.25) is 0 Å². The number of ether oxygens (including phenoxy) is 1. The van der Waals surface area contributed by atoms with Gasteiger partial charge in [0.25, 0.3) is 0 Å².